The largest absolute Gasteiger partial charge is 0.349 e. The Balaban J connectivity index is 1.80. The van der Waals surface area contributed by atoms with Crippen LogP contribution >= 0.6 is 11.8 Å². The molecule has 2 unspecified atom stereocenters. The first-order chi connectivity index (χ1) is 9.88. The fraction of sp³-hybridized carbons (Fsp3) is 0.500. The molecule has 1 N–H and O–H groups in total. The smallest absolute Gasteiger partial charge is 0.248 e. The lowest BCUT2D eigenvalue weighted by molar-refractivity contribution is 0.472. The number of nitrogens with one attached hydrogen (secondary N) is 1. The molecule has 0 aliphatic heterocycles. The molecule has 1 saturated carbocycles. The van der Waals surface area contributed by atoms with Gasteiger partial charge in [-0.3, -0.25) is 0 Å². The molecule has 3 rings (SSSR count). The predicted octanol–water partition coefficient (Wildman–Crippen LogP) is 2.75. The maximum atomic E-state index is 4.14. The first kappa shape index (κ1) is 13.4. The highest BCUT2D eigenvalue weighted by Gasteiger charge is 2.25. The van der Waals surface area contributed by atoms with E-state index < -0.39 is 0 Å². The molecule has 5 nitrogen and oxygen atoms in total. The van der Waals surface area contributed by atoms with Gasteiger partial charge in [-0.05, 0) is 41.7 Å². The fourth-order valence-electron chi connectivity index (χ4n) is 2.73. The van der Waals surface area contributed by atoms with E-state index in [0.29, 0.717) is 11.3 Å². The number of rotatable bonds is 4. The minimum absolute atomic E-state index is 0.451. The summed E-state index contributed by atoms with van der Waals surface area (Å²) in [6.45, 7) is 0. The molecule has 6 heteroatoms. The summed E-state index contributed by atoms with van der Waals surface area (Å²) >= 11 is 1.94. The van der Waals surface area contributed by atoms with Gasteiger partial charge in [-0.15, -0.1) is 0 Å². The number of para-hydroxylation sites is 1. The van der Waals surface area contributed by atoms with Crippen LogP contribution in [-0.2, 0) is 0 Å². The number of nitrogens with zero attached hydrogens (tertiary/aromatic N) is 4. The first-order valence-corrected chi connectivity index (χ1v) is 8.30. The zero-order valence-electron chi connectivity index (χ0n) is 11.6. The number of tetrazole rings is 1. The second-order valence-electron chi connectivity index (χ2n) is 5.06. The molecular formula is C14H19N5S. The highest BCUT2D eigenvalue weighted by Crippen LogP contribution is 2.29. The lowest BCUT2D eigenvalue weighted by Gasteiger charge is -2.30. The van der Waals surface area contributed by atoms with Crippen molar-refractivity contribution in [1.82, 2.24) is 20.2 Å². The topological polar surface area (TPSA) is 55.6 Å². The van der Waals surface area contributed by atoms with Gasteiger partial charge >= 0.3 is 0 Å². The van der Waals surface area contributed by atoms with Gasteiger partial charge in [0.05, 0.1) is 5.69 Å². The van der Waals surface area contributed by atoms with Gasteiger partial charge in [0.1, 0.15) is 0 Å². The van der Waals surface area contributed by atoms with Crippen molar-refractivity contribution in [3.05, 3.63) is 30.3 Å². The summed E-state index contributed by atoms with van der Waals surface area (Å²) in [7, 11) is 0. The number of hydrogen-bond acceptors (Lipinski definition) is 5. The van der Waals surface area contributed by atoms with E-state index in [-0.39, 0.29) is 0 Å². The molecule has 1 aromatic carbocycles. The van der Waals surface area contributed by atoms with Crippen LogP contribution in [0, 0.1) is 0 Å². The van der Waals surface area contributed by atoms with Crippen LogP contribution in [-0.4, -0.2) is 37.8 Å². The number of anilines is 1. The van der Waals surface area contributed by atoms with Crippen molar-refractivity contribution in [2.24, 2.45) is 0 Å². The first-order valence-electron chi connectivity index (χ1n) is 7.01. The summed E-state index contributed by atoms with van der Waals surface area (Å²) in [4.78, 5) is 0. The van der Waals surface area contributed by atoms with Crippen molar-refractivity contribution in [2.75, 3.05) is 11.6 Å². The highest BCUT2D eigenvalue weighted by molar-refractivity contribution is 7.99. The molecule has 106 valence electrons. The number of aromatic nitrogens is 4. The SMILES string of the molecule is CSC1CCCCC1Nc1nnnn1-c1ccccc1. The Morgan fingerprint density at radius 3 is 2.80 bits per heavy atom. The molecule has 20 heavy (non-hydrogen) atoms. The van der Waals surface area contributed by atoms with Crippen LogP contribution in [0.1, 0.15) is 25.7 Å². The average molecular weight is 289 g/mol. The Bertz CT molecular complexity index is 542. The predicted molar refractivity (Wildman–Crippen MR) is 82.3 cm³/mol. The van der Waals surface area contributed by atoms with Crippen LogP contribution in [0.5, 0.6) is 0 Å². The summed E-state index contributed by atoms with van der Waals surface area (Å²) in [6, 6.07) is 10.4. The zero-order chi connectivity index (χ0) is 13.8. The third-order valence-electron chi connectivity index (χ3n) is 3.79. The Morgan fingerprint density at radius 2 is 2.00 bits per heavy atom. The Hall–Kier alpha value is -1.56. The normalized spacial score (nSPS) is 22.6. The third kappa shape index (κ3) is 2.80. The standard InChI is InChI=1S/C14H19N5S/c1-20-13-10-6-5-9-12(13)15-14-16-17-18-19(14)11-7-3-2-4-8-11/h2-4,7-8,12-13H,5-6,9-10H2,1H3,(H,15,16,18). The van der Waals surface area contributed by atoms with Crippen LogP contribution < -0.4 is 5.32 Å². The van der Waals surface area contributed by atoms with Crippen molar-refractivity contribution in [2.45, 2.75) is 37.0 Å². The van der Waals surface area contributed by atoms with Gasteiger partial charge in [-0.2, -0.15) is 16.4 Å². The van der Waals surface area contributed by atoms with E-state index >= 15 is 0 Å². The van der Waals surface area contributed by atoms with Gasteiger partial charge in [0.25, 0.3) is 0 Å². The van der Waals surface area contributed by atoms with E-state index in [1.54, 1.807) is 4.68 Å². The van der Waals surface area contributed by atoms with E-state index in [2.05, 4.69) is 27.1 Å². The molecule has 0 saturated heterocycles. The van der Waals surface area contributed by atoms with Gasteiger partial charge in [0.2, 0.25) is 5.95 Å². The monoisotopic (exact) mass is 289 g/mol. The molecule has 2 aromatic rings. The minimum atomic E-state index is 0.451. The van der Waals surface area contributed by atoms with E-state index in [1.165, 1.54) is 25.7 Å². The minimum Gasteiger partial charge on any atom is -0.349 e. The van der Waals surface area contributed by atoms with Gasteiger partial charge in [0.15, 0.2) is 0 Å². The van der Waals surface area contributed by atoms with Crippen molar-refractivity contribution < 1.29 is 0 Å². The second kappa shape index (κ2) is 6.26. The molecular weight excluding hydrogens is 270 g/mol. The van der Waals surface area contributed by atoms with E-state index in [9.17, 15) is 0 Å². The van der Waals surface area contributed by atoms with Gasteiger partial charge < -0.3 is 5.32 Å². The number of benzene rings is 1. The molecule has 0 bridgehead atoms. The third-order valence-corrected chi connectivity index (χ3v) is 4.96. The van der Waals surface area contributed by atoms with E-state index in [0.717, 1.165) is 11.6 Å². The van der Waals surface area contributed by atoms with Crippen molar-refractivity contribution in [1.29, 1.82) is 0 Å². The molecule has 1 aromatic heterocycles. The van der Waals surface area contributed by atoms with Crippen LogP contribution in [0.25, 0.3) is 5.69 Å². The summed E-state index contributed by atoms with van der Waals surface area (Å²) in [5, 5.41) is 16.2. The second-order valence-corrected chi connectivity index (χ2v) is 6.14. The number of hydrogen-bond donors (Lipinski definition) is 1. The van der Waals surface area contributed by atoms with Gasteiger partial charge in [0, 0.05) is 11.3 Å². The molecule has 0 radical (unpaired) electrons. The molecule has 0 amide bonds. The zero-order valence-corrected chi connectivity index (χ0v) is 12.4. The summed E-state index contributed by atoms with van der Waals surface area (Å²) in [6.07, 6.45) is 7.25. The lowest BCUT2D eigenvalue weighted by atomic mass is 9.95. The quantitative estimate of drug-likeness (QED) is 0.938. The van der Waals surface area contributed by atoms with E-state index in [1.807, 2.05) is 42.1 Å². The van der Waals surface area contributed by atoms with Crippen LogP contribution in [0.15, 0.2) is 30.3 Å². The van der Waals surface area contributed by atoms with Crippen LogP contribution in [0.2, 0.25) is 0 Å². The Labute approximate surface area is 123 Å². The van der Waals surface area contributed by atoms with Gasteiger partial charge in [-0.1, -0.05) is 36.1 Å². The van der Waals surface area contributed by atoms with Gasteiger partial charge in [-0.25, -0.2) is 0 Å². The van der Waals surface area contributed by atoms with Crippen molar-refractivity contribution in [3.8, 4) is 5.69 Å². The molecule has 1 fully saturated rings. The molecule has 0 spiro atoms. The summed E-state index contributed by atoms with van der Waals surface area (Å²) in [5.74, 6) is 0.738. The summed E-state index contributed by atoms with van der Waals surface area (Å²) < 4.78 is 1.77. The maximum Gasteiger partial charge on any atom is 0.248 e. The van der Waals surface area contributed by atoms with Crippen molar-refractivity contribution in [3.63, 3.8) is 0 Å². The van der Waals surface area contributed by atoms with Crippen LogP contribution in [0.3, 0.4) is 0 Å². The Morgan fingerprint density at radius 1 is 1.20 bits per heavy atom. The maximum absolute atomic E-state index is 4.14. The average Bonchev–Trinajstić information content (AvgIpc) is 2.97. The molecule has 2 atom stereocenters. The molecule has 1 aliphatic carbocycles. The van der Waals surface area contributed by atoms with Crippen LogP contribution in [0.4, 0.5) is 5.95 Å². The van der Waals surface area contributed by atoms with Crippen molar-refractivity contribution >= 4 is 17.7 Å². The fourth-order valence-corrected chi connectivity index (χ4v) is 3.67. The lowest BCUT2D eigenvalue weighted by Crippen LogP contribution is -2.35. The molecule has 1 heterocycles. The number of thioether (sulfide) groups is 1. The van der Waals surface area contributed by atoms with E-state index in [4.69, 9.17) is 0 Å². The highest BCUT2D eigenvalue weighted by atomic mass is 32.2. The molecule has 1 aliphatic rings. The Kier molecular flexibility index (Phi) is 4.20. The summed E-state index contributed by atoms with van der Waals surface area (Å²) in [5.41, 5.74) is 0.983.